The monoisotopic (exact) mass is 374 g/mol. The Labute approximate surface area is 144 Å². The molecule has 0 aliphatic rings. The number of rotatable bonds is 7. The molecule has 23 heavy (non-hydrogen) atoms. The second-order valence-electron chi connectivity index (χ2n) is 5.03. The number of amides is 1. The van der Waals surface area contributed by atoms with E-state index in [1.807, 2.05) is 48.5 Å². The van der Waals surface area contributed by atoms with E-state index >= 15 is 0 Å². The van der Waals surface area contributed by atoms with Crippen molar-refractivity contribution >= 4 is 28.1 Å². The number of hydrazone groups is 1. The van der Waals surface area contributed by atoms with Crippen molar-refractivity contribution in [1.82, 2.24) is 5.43 Å². The Morgan fingerprint density at radius 1 is 1.17 bits per heavy atom. The van der Waals surface area contributed by atoms with E-state index in [1.165, 1.54) is 5.56 Å². The minimum atomic E-state index is -0.295. The van der Waals surface area contributed by atoms with Gasteiger partial charge >= 0.3 is 0 Å². The van der Waals surface area contributed by atoms with Gasteiger partial charge in [-0.2, -0.15) is 5.10 Å². The van der Waals surface area contributed by atoms with Gasteiger partial charge in [-0.25, -0.2) is 5.43 Å². The van der Waals surface area contributed by atoms with E-state index in [1.54, 1.807) is 6.21 Å². The Hall–Kier alpha value is -2.14. The van der Waals surface area contributed by atoms with Crippen molar-refractivity contribution in [1.29, 1.82) is 0 Å². The van der Waals surface area contributed by atoms with Crippen LogP contribution in [0.25, 0.3) is 0 Å². The highest BCUT2D eigenvalue weighted by atomic mass is 79.9. The summed E-state index contributed by atoms with van der Waals surface area (Å²) >= 11 is 3.36. The van der Waals surface area contributed by atoms with E-state index in [9.17, 15) is 4.79 Å². The van der Waals surface area contributed by atoms with Gasteiger partial charge < -0.3 is 4.74 Å². The lowest BCUT2D eigenvalue weighted by Crippen LogP contribution is -2.24. The first-order chi connectivity index (χ1) is 11.2. The third kappa shape index (κ3) is 6.24. The molecule has 0 heterocycles. The van der Waals surface area contributed by atoms with Gasteiger partial charge in [-0.05, 0) is 41.8 Å². The van der Waals surface area contributed by atoms with Gasteiger partial charge in [0.25, 0.3) is 5.91 Å². The van der Waals surface area contributed by atoms with Crippen LogP contribution < -0.4 is 10.2 Å². The third-order valence-corrected chi connectivity index (χ3v) is 3.63. The van der Waals surface area contributed by atoms with E-state index in [-0.39, 0.29) is 12.5 Å². The highest BCUT2D eigenvalue weighted by Gasteiger charge is 2.01. The average Bonchev–Trinajstić information content (AvgIpc) is 2.56. The molecule has 0 bridgehead atoms. The lowest BCUT2D eigenvalue weighted by Gasteiger charge is -2.06. The highest BCUT2D eigenvalue weighted by molar-refractivity contribution is 9.10. The van der Waals surface area contributed by atoms with Gasteiger partial charge in [0.1, 0.15) is 5.75 Å². The number of hydrogen-bond donors (Lipinski definition) is 1. The summed E-state index contributed by atoms with van der Waals surface area (Å²) in [4.78, 5) is 11.7. The molecule has 2 aromatic carbocycles. The van der Waals surface area contributed by atoms with Gasteiger partial charge in [0.15, 0.2) is 6.61 Å². The first-order valence-electron chi connectivity index (χ1n) is 7.46. The van der Waals surface area contributed by atoms with E-state index in [4.69, 9.17) is 4.74 Å². The van der Waals surface area contributed by atoms with Crippen molar-refractivity contribution in [2.24, 2.45) is 5.10 Å². The zero-order valence-corrected chi connectivity index (χ0v) is 14.5. The minimum Gasteiger partial charge on any atom is -0.484 e. The van der Waals surface area contributed by atoms with Crippen molar-refractivity contribution in [3.63, 3.8) is 0 Å². The van der Waals surface area contributed by atoms with Crippen LogP contribution in [0, 0.1) is 0 Å². The smallest absolute Gasteiger partial charge is 0.277 e. The molecule has 5 heteroatoms. The Kier molecular flexibility index (Phi) is 6.81. The van der Waals surface area contributed by atoms with Crippen molar-refractivity contribution in [3.8, 4) is 5.75 Å². The summed E-state index contributed by atoms with van der Waals surface area (Å²) in [5.74, 6) is 0.382. The van der Waals surface area contributed by atoms with Gasteiger partial charge in [-0.15, -0.1) is 0 Å². The lowest BCUT2D eigenvalue weighted by atomic mass is 10.1. The highest BCUT2D eigenvalue weighted by Crippen LogP contribution is 2.13. The SMILES string of the molecule is CCCc1ccc(OCC(=O)N/N=C/c2ccc(Br)cc2)cc1. The second-order valence-corrected chi connectivity index (χ2v) is 5.94. The van der Waals surface area contributed by atoms with Crippen molar-refractivity contribution < 1.29 is 9.53 Å². The normalized spacial score (nSPS) is 10.7. The van der Waals surface area contributed by atoms with Gasteiger partial charge in [0, 0.05) is 4.47 Å². The van der Waals surface area contributed by atoms with Crippen molar-refractivity contribution in [2.45, 2.75) is 19.8 Å². The molecule has 0 aromatic heterocycles. The largest absolute Gasteiger partial charge is 0.484 e. The summed E-state index contributed by atoms with van der Waals surface area (Å²) < 4.78 is 6.42. The Bertz CT molecular complexity index is 652. The zero-order chi connectivity index (χ0) is 16.5. The average molecular weight is 375 g/mol. The second kappa shape index (κ2) is 9.10. The van der Waals surface area contributed by atoms with Gasteiger partial charge in [-0.3, -0.25) is 4.79 Å². The number of nitrogens with zero attached hydrogens (tertiary/aromatic N) is 1. The fourth-order valence-corrected chi connectivity index (χ4v) is 2.21. The molecule has 1 amide bonds. The van der Waals surface area contributed by atoms with Crippen LogP contribution in [0.3, 0.4) is 0 Å². The van der Waals surface area contributed by atoms with Crippen LogP contribution in [0.4, 0.5) is 0 Å². The molecule has 0 saturated heterocycles. The van der Waals surface area contributed by atoms with Gasteiger partial charge in [0.05, 0.1) is 6.21 Å². The quantitative estimate of drug-likeness (QED) is 0.589. The number of carbonyl (C=O) groups is 1. The molecule has 0 unspecified atom stereocenters. The topological polar surface area (TPSA) is 50.7 Å². The first-order valence-corrected chi connectivity index (χ1v) is 8.26. The fourth-order valence-electron chi connectivity index (χ4n) is 1.95. The molecular weight excluding hydrogens is 356 g/mol. The van der Waals surface area contributed by atoms with E-state index < -0.39 is 0 Å². The molecule has 120 valence electrons. The van der Waals surface area contributed by atoms with Gasteiger partial charge in [0.2, 0.25) is 0 Å². The molecule has 0 aliphatic carbocycles. The summed E-state index contributed by atoms with van der Waals surface area (Å²) in [6.07, 6.45) is 3.74. The first kappa shape index (κ1) is 17.2. The van der Waals surface area contributed by atoms with Crippen molar-refractivity contribution in [2.75, 3.05) is 6.61 Å². The van der Waals surface area contributed by atoms with E-state index in [2.05, 4.69) is 33.4 Å². The van der Waals surface area contributed by atoms with Crippen LogP contribution in [0.5, 0.6) is 5.75 Å². The fraction of sp³-hybridized carbons (Fsp3) is 0.222. The minimum absolute atomic E-state index is 0.0647. The number of hydrogen-bond acceptors (Lipinski definition) is 3. The summed E-state index contributed by atoms with van der Waals surface area (Å²) in [7, 11) is 0. The van der Waals surface area contributed by atoms with Crippen LogP contribution in [-0.4, -0.2) is 18.7 Å². The van der Waals surface area contributed by atoms with Crippen LogP contribution in [0.2, 0.25) is 0 Å². The maximum absolute atomic E-state index is 11.7. The van der Waals surface area contributed by atoms with Crippen LogP contribution in [-0.2, 0) is 11.2 Å². The van der Waals surface area contributed by atoms with Crippen molar-refractivity contribution in [3.05, 3.63) is 64.1 Å². The Balaban J connectivity index is 1.75. The number of nitrogens with one attached hydrogen (secondary N) is 1. The molecule has 1 N–H and O–H groups in total. The summed E-state index contributed by atoms with van der Waals surface area (Å²) in [5.41, 5.74) is 4.61. The maximum atomic E-state index is 11.7. The van der Waals surface area contributed by atoms with Crippen LogP contribution in [0.15, 0.2) is 58.1 Å². The predicted molar refractivity (Wildman–Crippen MR) is 95.8 cm³/mol. The molecule has 0 spiro atoms. The molecule has 0 fully saturated rings. The summed E-state index contributed by atoms with van der Waals surface area (Å²) in [6.45, 7) is 2.08. The standard InChI is InChI=1S/C18H19BrN2O2/c1-2-3-14-6-10-17(11-7-14)23-13-18(22)21-20-12-15-4-8-16(19)9-5-15/h4-12H,2-3,13H2,1H3,(H,21,22)/b20-12+. The molecular formula is C18H19BrN2O2. The molecule has 4 nitrogen and oxygen atoms in total. The molecule has 2 aromatic rings. The molecule has 0 aliphatic heterocycles. The van der Waals surface area contributed by atoms with E-state index in [0.717, 1.165) is 22.9 Å². The zero-order valence-electron chi connectivity index (χ0n) is 13.0. The predicted octanol–water partition coefficient (Wildman–Crippen LogP) is 3.93. The van der Waals surface area contributed by atoms with Crippen LogP contribution in [0.1, 0.15) is 24.5 Å². The van der Waals surface area contributed by atoms with Gasteiger partial charge in [-0.1, -0.05) is 53.5 Å². The molecule has 0 atom stereocenters. The summed E-state index contributed by atoms with van der Waals surface area (Å²) in [5, 5.41) is 3.90. The van der Waals surface area contributed by atoms with Crippen LogP contribution >= 0.6 is 15.9 Å². The molecule has 2 rings (SSSR count). The lowest BCUT2D eigenvalue weighted by molar-refractivity contribution is -0.123. The number of carbonyl (C=O) groups excluding carboxylic acids is 1. The molecule has 0 saturated carbocycles. The maximum Gasteiger partial charge on any atom is 0.277 e. The number of halogens is 1. The third-order valence-electron chi connectivity index (χ3n) is 3.10. The van der Waals surface area contributed by atoms with E-state index in [0.29, 0.717) is 5.75 Å². The number of ether oxygens (including phenoxy) is 1. The Morgan fingerprint density at radius 3 is 2.52 bits per heavy atom. The molecule has 0 radical (unpaired) electrons. The Morgan fingerprint density at radius 2 is 1.87 bits per heavy atom. The number of benzene rings is 2. The summed E-state index contributed by atoms with van der Waals surface area (Å²) in [6, 6.07) is 15.4. The number of aryl methyl sites for hydroxylation is 1.